The Balaban J connectivity index is 2.38. The van der Waals surface area contributed by atoms with Gasteiger partial charge < -0.3 is 0 Å². The van der Waals surface area contributed by atoms with Crippen molar-refractivity contribution in [1.29, 1.82) is 0 Å². The molecule has 6 heavy (non-hydrogen) atoms. The normalized spacial score (nSPS) is 31.8. The summed E-state index contributed by atoms with van der Waals surface area (Å²) in [6, 6.07) is 0. The molecule has 0 N–H and O–H groups in total. The van der Waals surface area contributed by atoms with E-state index in [1.54, 1.807) is 6.08 Å². The zero-order chi connectivity index (χ0) is 4.41. The third-order valence-corrected chi connectivity index (χ3v) is 0.954. The molecule has 1 heteroatoms. The molecule has 0 heterocycles. The van der Waals surface area contributed by atoms with E-state index in [2.05, 4.69) is 0 Å². The second kappa shape index (κ2) is 1.41. The van der Waals surface area contributed by atoms with Crippen LogP contribution in [0.3, 0.4) is 0 Å². The highest BCUT2D eigenvalue weighted by atomic mass is 19.1. The van der Waals surface area contributed by atoms with Gasteiger partial charge in [0.2, 0.25) is 0 Å². The number of hydrogen-bond donors (Lipinski definition) is 0. The highest BCUT2D eigenvalue weighted by Crippen LogP contribution is 2.11. The minimum Gasteiger partial charge on any atom is -0.243 e. The van der Waals surface area contributed by atoms with Crippen LogP contribution in [0.15, 0.2) is 12.2 Å². The van der Waals surface area contributed by atoms with Gasteiger partial charge in [0.05, 0.1) is 0 Å². The van der Waals surface area contributed by atoms with Gasteiger partial charge in [-0.05, 0) is 12.8 Å². The van der Waals surface area contributed by atoms with E-state index in [9.17, 15) is 4.39 Å². The van der Waals surface area contributed by atoms with Crippen molar-refractivity contribution in [2.24, 2.45) is 0 Å². The Bertz CT molecular complexity index is 66.3. The van der Waals surface area contributed by atoms with Gasteiger partial charge in [-0.15, -0.1) is 0 Å². The van der Waals surface area contributed by atoms with Gasteiger partial charge in [0.1, 0.15) is 6.17 Å². The minimum absolute atomic E-state index is 0.634. The monoisotopic (exact) mass is 86.1 g/mol. The second-order valence-corrected chi connectivity index (χ2v) is 1.52. The van der Waals surface area contributed by atoms with Crippen molar-refractivity contribution in [2.75, 3.05) is 0 Å². The van der Waals surface area contributed by atoms with Crippen LogP contribution in [0.1, 0.15) is 12.8 Å². The lowest BCUT2D eigenvalue weighted by atomic mass is 10.3. The molecule has 0 saturated heterocycles. The number of rotatable bonds is 0. The van der Waals surface area contributed by atoms with Gasteiger partial charge in [-0.2, -0.15) is 0 Å². The lowest BCUT2D eigenvalue weighted by Crippen LogP contribution is -1.83. The van der Waals surface area contributed by atoms with Crippen LogP contribution in [-0.2, 0) is 0 Å². The Morgan fingerprint density at radius 1 is 1.67 bits per heavy atom. The number of alkyl halides is 1. The predicted octanol–water partition coefficient (Wildman–Crippen LogP) is 1.67. The van der Waals surface area contributed by atoms with E-state index in [1.165, 1.54) is 0 Å². The van der Waals surface area contributed by atoms with Crippen LogP contribution in [0.25, 0.3) is 0 Å². The first kappa shape index (κ1) is 3.85. The van der Waals surface area contributed by atoms with E-state index >= 15 is 0 Å². The van der Waals surface area contributed by atoms with E-state index in [4.69, 9.17) is 0 Å². The summed E-state index contributed by atoms with van der Waals surface area (Å²) < 4.78 is 11.8. The van der Waals surface area contributed by atoms with Crippen molar-refractivity contribution in [3.05, 3.63) is 12.2 Å². The topological polar surface area (TPSA) is 0 Å². The van der Waals surface area contributed by atoms with E-state index < -0.39 is 6.17 Å². The molecule has 0 aromatic heterocycles. The highest BCUT2D eigenvalue weighted by Gasteiger charge is 2.03. The molecule has 34 valence electrons. The van der Waals surface area contributed by atoms with E-state index in [1.807, 2.05) is 6.08 Å². The van der Waals surface area contributed by atoms with Crippen LogP contribution >= 0.6 is 0 Å². The van der Waals surface area contributed by atoms with Crippen molar-refractivity contribution in [1.82, 2.24) is 0 Å². The van der Waals surface area contributed by atoms with Crippen LogP contribution in [-0.4, -0.2) is 6.17 Å². The van der Waals surface area contributed by atoms with Crippen LogP contribution < -0.4 is 0 Å². The molecule has 0 saturated carbocycles. The van der Waals surface area contributed by atoms with E-state index in [-0.39, 0.29) is 0 Å². The van der Waals surface area contributed by atoms with Gasteiger partial charge in [-0.25, -0.2) is 4.39 Å². The second-order valence-electron chi connectivity index (χ2n) is 1.52. The van der Waals surface area contributed by atoms with Crippen molar-refractivity contribution in [2.45, 2.75) is 19.0 Å². The Morgan fingerprint density at radius 2 is 2.50 bits per heavy atom. The Labute approximate surface area is 36.7 Å². The fraction of sp³-hybridized carbons (Fsp3) is 0.600. The summed E-state index contributed by atoms with van der Waals surface area (Å²) in [6.45, 7) is 0. The molecule has 1 unspecified atom stereocenters. The average Bonchev–Trinajstić information content (AvgIpc) is 1.86. The predicted molar refractivity (Wildman–Crippen MR) is 23.3 cm³/mol. The summed E-state index contributed by atoms with van der Waals surface area (Å²) >= 11 is 0. The average molecular weight is 86.1 g/mol. The van der Waals surface area contributed by atoms with Crippen LogP contribution in [0.5, 0.6) is 0 Å². The lowest BCUT2D eigenvalue weighted by molar-refractivity contribution is 0.395. The van der Waals surface area contributed by atoms with Crippen LogP contribution in [0, 0.1) is 0 Å². The van der Waals surface area contributed by atoms with Gasteiger partial charge in [0.15, 0.2) is 0 Å². The van der Waals surface area contributed by atoms with Crippen LogP contribution in [0.4, 0.5) is 4.39 Å². The molecular weight excluding hydrogens is 79.1 g/mol. The van der Waals surface area contributed by atoms with E-state index in [0.717, 1.165) is 6.42 Å². The molecule has 0 nitrogen and oxygen atoms in total. The molecule has 0 fully saturated rings. The molecule has 1 aliphatic carbocycles. The van der Waals surface area contributed by atoms with E-state index in [0.29, 0.717) is 6.42 Å². The van der Waals surface area contributed by atoms with Crippen LogP contribution in [0.2, 0.25) is 0 Å². The third kappa shape index (κ3) is 0.588. The van der Waals surface area contributed by atoms with Gasteiger partial charge in [-0.3, -0.25) is 0 Å². The largest absolute Gasteiger partial charge is 0.243 e. The van der Waals surface area contributed by atoms with Gasteiger partial charge in [0.25, 0.3) is 0 Å². The molecule has 0 amide bonds. The maximum Gasteiger partial charge on any atom is 0.119 e. The molecule has 0 spiro atoms. The first-order valence-corrected chi connectivity index (χ1v) is 2.20. The Morgan fingerprint density at radius 3 is 2.67 bits per heavy atom. The molecule has 0 aliphatic heterocycles. The van der Waals surface area contributed by atoms with Crippen molar-refractivity contribution < 1.29 is 4.39 Å². The van der Waals surface area contributed by atoms with Crippen molar-refractivity contribution in [3.8, 4) is 0 Å². The molecule has 0 bridgehead atoms. The first-order chi connectivity index (χ1) is 2.89. The summed E-state index contributed by atoms with van der Waals surface area (Å²) in [5.41, 5.74) is 0. The zero-order valence-corrected chi connectivity index (χ0v) is 3.52. The summed E-state index contributed by atoms with van der Waals surface area (Å²) in [6.07, 6.45) is 4.50. The van der Waals surface area contributed by atoms with Gasteiger partial charge >= 0.3 is 0 Å². The molecule has 1 aliphatic rings. The smallest absolute Gasteiger partial charge is 0.119 e. The lowest BCUT2D eigenvalue weighted by Gasteiger charge is -1.85. The third-order valence-electron chi connectivity index (χ3n) is 0.954. The molecule has 0 aromatic rings. The zero-order valence-electron chi connectivity index (χ0n) is 3.52. The number of allylic oxidation sites excluding steroid dienone is 2. The number of hydrogen-bond acceptors (Lipinski definition) is 0. The molecule has 1 atom stereocenters. The summed E-state index contributed by atoms with van der Waals surface area (Å²) in [7, 11) is 0. The van der Waals surface area contributed by atoms with Crippen molar-refractivity contribution in [3.63, 3.8) is 0 Å². The van der Waals surface area contributed by atoms with Gasteiger partial charge in [0, 0.05) is 0 Å². The molecular formula is C5H7F. The summed E-state index contributed by atoms with van der Waals surface area (Å²) in [5.74, 6) is 0. The Kier molecular flexibility index (Phi) is 0.906. The maximum atomic E-state index is 11.8. The quantitative estimate of drug-likeness (QED) is 0.393. The minimum atomic E-state index is -0.634. The summed E-state index contributed by atoms with van der Waals surface area (Å²) in [4.78, 5) is 0. The number of halogens is 1. The Hall–Kier alpha value is -0.330. The SMILES string of the molecule is FC1C=CCC1. The molecule has 0 aromatic carbocycles. The maximum absolute atomic E-state index is 11.8. The van der Waals surface area contributed by atoms with Crippen molar-refractivity contribution >= 4 is 0 Å². The standard InChI is InChI=1S/C5H7F/c6-5-3-1-2-4-5/h1,3,5H,2,4H2. The highest BCUT2D eigenvalue weighted by molar-refractivity contribution is 4.96. The molecule has 0 radical (unpaired) electrons. The molecule has 1 rings (SSSR count). The summed E-state index contributed by atoms with van der Waals surface area (Å²) in [5, 5.41) is 0. The fourth-order valence-corrected chi connectivity index (χ4v) is 0.596. The fourth-order valence-electron chi connectivity index (χ4n) is 0.596. The van der Waals surface area contributed by atoms with Gasteiger partial charge in [-0.1, -0.05) is 12.2 Å². The first-order valence-electron chi connectivity index (χ1n) is 2.20.